The van der Waals surface area contributed by atoms with E-state index in [0.717, 1.165) is 6.42 Å². The molecule has 3 rings (SSSR count). The van der Waals surface area contributed by atoms with Crippen molar-refractivity contribution in [2.24, 2.45) is 0 Å². The molecule has 0 saturated carbocycles. The lowest BCUT2D eigenvalue weighted by Gasteiger charge is -2.19. The van der Waals surface area contributed by atoms with Gasteiger partial charge in [0, 0.05) is 10.7 Å². The Kier molecular flexibility index (Phi) is 4.09. The number of aryl methyl sites for hydroxylation is 2. The van der Waals surface area contributed by atoms with Crippen LogP contribution in [0.4, 0.5) is 0 Å². The highest BCUT2D eigenvalue weighted by atomic mass is 32.1. The van der Waals surface area contributed by atoms with Crippen LogP contribution in [0, 0.1) is 13.8 Å². The molecule has 0 aliphatic heterocycles. The molecule has 1 atom stereocenters. The maximum atomic E-state index is 3.49. The van der Waals surface area contributed by atoms with Crippen LogP contribution in [0.2, 0.25) is 0 Å². The lowest BCUT2D eigenvalue weighted by atomic mass is 9.94. The van der Waals surface area contributed by atoms with E-state index in [-0.39, 0.29) is 0 Å². The molecule has 0 radical (unpaired) electrons. The van der Waals surface area contributed by atoms with Gasteiger partial charge in [-0.1, -0.05) is 42.0 Å². The number of likely N-dealkylation sites (N-methyl/N-ethyl adjacent to an activating group) is 1. The van der Waals surface area contributed by atoms with Crippen molar-refractivity contribution in [1.82, 2.24) is 5.32 Å². The van der Waals surface area contributed by atoms with E-state index in [9.17, 15) is 0 Å². The van der Waals surface area contributed by atoms with Crippen molar-refractivity contribution in [2.75, 3.05) is 7.05 Å². The van der Waals surface area contributed by atoms with Crippen LogP contribution in [0.15, 0.2) is 47.8 Å². The Labute approximate surface area is 130 Å². The monoisotopic (exact) mass is 295 g/mol. The molecule has 108 valence electrons. The molecule has 1 N–H and O–H groups in total. The normalized spacial score (nSPS) is 12.7. The minimum absolute atomic E-state index is 0.364. The fourth-order valence-electron chi connectivity index (χ4n) is 2.99. The number of fused-ring (bicyclic) bond motifs is 1. The highest BCUT2D eigenvalue weighted by Crippen LogP contribution is 2.30. The standard InChI is InChI=1S/C19H21NS/c1-13-8-9-16(14(2)10-13)18(20-3)11-15-12-21-19-7-5-4-6-17(15)19/h4-10,12,18,20H,11H2,1-3H3. The molecule has 1 aromatic heterocycles. The van der Waals surface area contributed by atoms with Crippen molar-refractivity contribution >= 4 is 21.4 Å². The van der Waals surface area contributed by atoms with Crippen LogP contribution in [0.25, 0.3) is 10.1 Å². The van der Waals surface area contributed by atoms with Gasteiger partial charge in [0.15, 0.2) is 0 Å². The van der Waals surface area contributed by atoms with Gasteiger partial charge in [0.2, 0.25) is 0 Å². The lowest BCUT2D eigenvalue weighted by Crippen LogP contribution is -2.19. The minimum Gasteiger partial charge on any atom is -0.313 e. The quantitative estimate of drug-likeness (QED) is 0.712. The van der Waals surface area contributed by atoms with E-state index < -0.39 is 0 Å². The topological polar surface area (TPSA) is 12.0 Å². The second kappa shape index (κ2) is 6.00. The van der Waals surface area contributed by atoms with Gasteiger partial charge in [-0.3, -0.25) is 0 Å². The summed E-state index contributed by atoms with van der Waals surface area (Å²) in [6, 6.07) is 15.8. The summed E-state index contributed by atoms with van der Waals surface area (Å²) < 4.78 is 1.38. The molecule has 0 aliphatic carbocycles. The minimum atomic E-state index is 0.364. The number of benzene rings is 2. The first-order chi connectivity index (χ1) is 10.2. The van der Waals surface area contributed by atoms with E-state index in [1.165, 1.54) is 32.3 Å². The molecule has 0 saturated heterocycles. The summed E-state index contributed by atoms with van der Waals surface area (Å²) in [7, 11) is 2.05. The van der Waals surface area contributed by atoms with Gasteiger partial charge in [-0.15, -0.1) is 11.3 Å². The molecule has 1 heterocycles. The Hall–Kier alpha value is -1.64. The maximum absolute atomic E-state index is 3.49. The van der Waals surface area contributed by atoms with Gasteiger partial charge in [-0.25, -0.2) is 0 Å². The van der Waals surface area contributed by atoms with E-state index in [2.05, 4.69) is 74.1 Å². The Balaban J connectivity index is 1.94. The number of hydrogen-bond donors (Lipinski definition) is 1. The van der Waals surface area contributed by atoms with Crippen LogP contribution in [-0.4, -0.2) is 7.05 Å². The van der Waals surface area contributed by atoms with Crippen molar-refractivity contribution in [3.63, 3.8) is 0 Å². The number of hydrogen-bond acceptors (Lipinski definition) is 2. The highest BCUT2D eigenvalue weighted by molar-refractivity contribution is 7.17. The molecule has 0 amide bonds. The molecule has 21 heavy (non-hydrogen) atoms. The summed E-state index contributed by atoms with van der Waals surface area (Å²) in [5.74, 6) is 0. The predicted octanol–water partition coefficient (Wildman–Crippen LogP) is 5.02. The van der Waals surface area contributed by atoms with Crippen molar-refractivity contribution < 1.29 is 0 Å². The average molecular weight is 295 g/mol. The number of nitrogens with one attached hydrogen (secondary N) is 1. The molecule has 0 fully saturated rings. The van der Waals surface area contributed by atoms with Gasteiger partial charge in [-0.05, 0) is 60.8 Å². The van der Waals surface area contributed by atoms with Gasteiger partial charge in [0.1, 0.15) is 0 Å². The van der Waals surface area contributed by atoms with Crippen molar-refractivity contribution in [3.8, 4) is 0 Å². The largest absolute Gasteiger partial charge is 0.313 e. The summed E-state index contributed by atoms with van der Waals surface area (Å²) in [6.45, 7) is 4.36. The third-order valence-electron chi connectivity index (χ3n) is 4.13. The third-order valence-corrected chi connectivity index (χ3v) is 5.15. The molecule has 2 heteroatoms. The molecular weight excluding hydrogens is 274 g/mol. The predicted molar refractivity (Wildman–Crippen MR) is 93.2 cm³/mol. The fraction of sp³-hybridized carbons (Fsp3) is 0.263. The molecule has 1 unspecified atom stereocenters. The second-order valence-corrected chi connectivity index (χ2v) is 6.57. The molecule has 2 aromatic carbocycles. The molecule has 3 aromatic rings. The van der Waals surface area contributed by atoms with Gasteiger partial charge >= 0.3 is 0 Å². The van der Waals surface area contributed by atoms with Gasteiger partial charge < -0.3 is 5.32 Å². The maximum Gasteiger partial charge on any atom is 0.0361 e. The van der Waals surface area contributed by atoms with E-state index >= 15 is 0 Å². The average Bonchev–Trinajstić information content (AvgIpc) is 2.89. The first-order valence-corrected chi connectivity index (χ1v) is 8.26. The van der Waals surface area contributed by atoms with E-state index in [1.807, 2.05) is 11.3 Å². The highest BCUT2D eigenvalue weighted by Gasteiger charge is 2.14. The van der Waals surface area contributed by atoms with Gasteiger partial charge in [0.05, 0.1) is 0 Å². The van der Waals surface area contributed by atoms with Crippen molar-refractivity contribution in [2.45, 2.75) is 26.3 Å². The number of thiophene rings is 1. The van der Waals surface area contributed by atoms with E-state index in [4.69, 9.17) is 0 Å². The van der Waals surface area contributed by atoms with E-state index in [1.54, 1.807) is 0 Å². The molecule has 0 aliphatic rings. The Bertz CT molecular complexity index is 757. The zero-order valence-corrected chi connectivity index (χ0v) is 13.6. The lowest BCUT2D eigenvalue weighted by molar-refractivity contribution is 0.591. The van der Waals surface area contributed by atoms with Crippen LogP contribution in [0.5, 0.6) is 0 Å². The third kappa shape index (κ3) is 2.87. The fourth-order valence-corrected chi connectivity index (χ4v) is 3.97. The molecule has 1 nitrogen and oxygen atoms in total. The summed E-state index contributed by atoms with van der Waals surface area (Å²) in [5, 5.41) is 7.19. The summed E-state index contributed by atoms with van der Waals surface area (Å²) in [5.41, 5.74) is 5.54. The smallest absolute Gasteiger partial charge is 0.0361 e. The first-order valence-electron chi connectivity index (χ1n) is 7.38. The Morgan fingerprint density at radius 2 is 1.90 bits per heavy atom. The first kappa shape index (κ1) is 14.3. The van der Waals surface area contributed by atoms with Crippen molar-refractivity contribution in [3.05, 3.63) is 70.1 Å². The zero-order valence-electron chi connectivity index (χ0n) is 12.8. The molecule has 0 spiro atoms. The zero-order chi connectivity index (χ0) is 14.8. The van der Waals surface area contributed by atoms with E-state index in [0.29, 0.717) is 6.04 Å². The van der Waals surface area contributed by atoms with Gasteiger partial charge in [0.25, 0.3) is 0 Å². The number of rotatable bonds is 4. The summed E-state index contributed by atoms with van der Waals surface area (Å²) >= 11 is 1.84. The summed E-state index contributed by atoms with van der Waals surface area (Å²) in [4.78, 5) is 0. The summed E-state index contributed by atoms with van der Waals surface area (Å²) in [6.07, 6.45) is 1.03. The van der Waals surface area contributed by atoms with Crippen LogP contribution in [-0.2, 0) is 6.42 Å². The van der Waals surface area contributed by atoms with Crippen molar-refractivity contribution in [1.29, 1.82) is 0 Å². The van der Waals surface area contributed by atoms with Crippen LogP contribution < -0.4 is 5.32 Å². The Morgan fingerprint density at radius 1 is 1.10 bits per heavy atom. The van der Waals surface area contributed by atoms with Gasteiger partial charge in [-0.2, -0.15) is 0 Å². The second-order valence-electron chi connectivity index (χ2n) is 5.66. The Morgan fingerprint density at radius 3 is 2.67 bits per heavy atom. The van der Waals surface area contributed by atoms with Crippen LogP contribution in [0.1, 0.15) is 28.3 Å². The molecular formula is C19H21NS. The molecule has 0 bridgehead atoms. The van der Waals surface area contributed by atoms with Crippen LogP contribution in [0.3, 0.4) is 0 Å². The SMILES string of the molecule is CNC(Cc1csc2ccccc12)c1ccc(C)cc1C. The van der Waals surface area contributed by atoms with Crippen LogP contribution >= 0.6 is 11.3 Å².